The lowest BCUT2D eigenvalue weighted by Crippen LogP contribution is -2.50. The fraction of sp³-hybridized carbons (Fsp3) is 0.426. The highest BCUT2D eigenvalue weighted by Crippen LogP contribution is 2.52. The smallest absolute Gasteiger partial charge is 0.256 e. The van der Waals surface area contributed by atoms with E-state index in [2.05, 4.69) is 94.7 Å². The molecule has 0 spiro atoms. The number of ether oxygens (including phenoxy) is 4. The third-order valence-corrected chi connectivity index (χ3v) is 20.4. The van der Waals surface area contributed by atoms with Gasteiger partial charge >= 0.3 is 0 Å². The van der Waals surface area contributed by atoms with Crippen LogP contribution in [0.15, 0.2) is 122 Å². The number of rotatable bonds is 21. The number of imidazole rings is 1. The molecule has 1 saturated heterocycles. The first-order chi connectivity index (χ1) is 33.5. The van der Waals surface area contributed by atoms with Crippen molar-refractivity contribution in [3.63, 3.8) is 0 Å². The van der Waals surface area contributed by atoms with Gasteiger partial charge in [0.2, 0.25) is 0 Å². The molecule has 1 fully saturated rings. The molecule has 1 aliphatic rings. The number of fused-ring (bicyclic) bond motifs is 1. The molecular formula is C54H68N7O7PSi. The van der Waals surface area contributed by atoms with Gasteiger partial charge in [-0.25, -0.2) is 15.0 Å². The van der Waals surface area contributed by atoms with Crippen LogP contribution in [0.25, 0.3) is 11.2 Å². The van der Waals surface area contributed by atoms with Gasteiger partial charge in [0.05, 0.1) is 33.2 Å². The number of hydrogen-bond acceptors (Lipinski definition) is 12. The van der Waals surface area contributed by atoms with Crippen LogP contribution in [0.2, 0.25) is 18.1 Å². The van der Waals surface area contributed by atoms with Crippen molar-refractivity contribution in [1.29, 1.82) is 5.26 Å². The summed E-state index contributed by atoms with van der Waals surface area (Å²) in [5, 5.41) is 12.5. The standard InChI is InChI=1S/C54H68N7O7PSi/c1-37(2)61(38(3)4)69(33-19-18-32-55)67-47-45(34-65-54(40-22-16-13-17-23-40,41-24-28-43(63-8)29-25-41)42-26-30-44(64-9)31-27-42)66-52(48(47)68-70(10,11)53(5,6)7)60-36-58-46-49(56-35-57-50(46)60)59-51(62)39-20-14-12-15-21-39/h12-17,20-31,35-38,45,47-48,52H,18-19,33-34H2,1-11H3,(H,56,57,59,62)/t45-,47?,48?,52-,69?/m1/s1. The molecule has 16 heteroatoms. The largest absolute Gasteiger partial charge is 0.497 e. The van der Waals surface area contributed by atoms with Crippen LogP contribution in [0.5, 0.6) is 11.5 Å². The van der Waals surface area contributed by atoms with E-state index in [1.807, 2.05) is 89.5 Å². The third kappa shape index (κ3) is 11.3. The minimum Gasteiger partial charge on any atom is -0.497 e. The fourth-order valence-electron chi connectivity index (χ4n) is 8.78. The Bertz CT molecular complexity index is 2620. The number of hydrogen-bond donors (Lipinski definition) is 1. The van der Waals surface area contributed by atoms with E-state index in [4.69, 9.17) is 37.9 Å². The normalized spacial score (nSPS) is 18.1. The van der Waals surface area contributed by atoms with E-state index in [9.17, 15) is 10.1 Å². The van der Waals surface area contributed by atoms with Gasteiger partial charge in [0.15, 0.2) is 31.5 Å². The highest BCUT2D eigenvalue weighted by molar-refractivity contribution is 7.50. The maximum Gasteiger partial charge on any atom is 0.256 e. The molecule has 14 nitrogen and oxygen atoms in total. The van der Waals surface area contributed by atoms with Gasteiger partial charge in [-0.3, -0.25) is 14.0 Å². The van der Waals surface area contributed by atoms with Gasteiger partial charge in [-0.15, -0.1) is 0 Å². The molecular weight excluding hydrogens is 918 g/mol. The number of benzene rings is 4. The average molecular weight is 986 g/mol. The summed E-state index contributed by atoms with van der Waals surface area (Å²) >= 11 is 0. The van der Waals surface area contributed by atoms with E-state index >= 15 is 0 Å². The summed E-state index contributed by atoms with van der Waals surface area (Å²) in [6.45, 7) is 19.9. The lowest BCUT2D eigenvalue weighted by molar-refractivity contribution is -0.0918. The van der Waals surface area contributed by atoms with Crippen molar-refractivity contribution in [2.45, 2.75) is 122 Å². The number of aromatic nitrogens is 4. The molecule has 3 heterocycles. The van der Waals surface area contributed by atoms with Crippen molar-refractivity contribution in [3.05, 3.63) is 144 Å². The van der Waals surface area contributed by atoms with Crippen LogP contribution < -0.4 is 14.8 Å². The van der Waals surface area contributed by atoms with E-state index in [0.717, 1.165) is 16.7 Å². The van der Waals surface area contributed by atoms with E-state index in [0.29, 0.717) is 47.2 Å². The van der Waals surface area contributed by atoms with Crippen molar-refractivity contribution in [1.82, 2.24) is 24.2 Å². The number of nitrogens with zero attached hydrogens (tertiary/aromatic N) is 6. The second-order valence-corrected chi connectivity index (χ2v) is 26.1. The number of carbonyl (C=O) groups is 1. The first kappa shape index (κ1) is 52.3. The Morgan fingerprint density at radius 1 is 0.829 bits per heavy atom. The molecule has 2 aromatic heterocycles. The number of anilines is 1. The molecule has 70 heavy (non-hydrogen) atoms. The minimum atomic E-state index is -2.62. The first-order valence-electron chi connectivity index (χ1n) is 24.0. The second-order valence-electron chi connectivity index (χ2n) is 19.6. The van der Waals surface area contributed by atoms with Crippen molar-refractivity contribution >= 4 is 39.5 Å². The number of nitrogens with one attached hydrogen (secondary N) is 1. The van der Waals surface area contributed by atoms with Crippen LogP contribution >= 0.6 is 8.30 Å². The van der Waals surface area contributed by atoms with Crippen LogP contribution in [0, 0.1) is 11.3 Å². The Balaban J connectivity index is 1.41. The summed E-state index contributed by atoms with van der Waals surface area (Å²) in [6.07, 6.45) is 1.90. The second kappa shape index (κ2) is 22.7. The predicted molar refractivity (Wildman–Crippen MR) is 278 cm³/mol. The van der Waals surface area contributed by atoms with Gasteiger partial charge in [0.1, 0.15) is 50.0 Å². The van der Waals surface area contributed by atoms with Crippen LogP contribution in [-0.2, 0) is 24.0 Å². The molecule has 1 amide bonds. The Morgan fingerprint density at radius 2 is 1.40 bits per heavy atom. The highest BCUT2D eigenvalue weighted by Gasteiger charge is 2.54. The predicted octanol–water partition coefficient (Wildman–Crippen LogP) is 11.5. The topological polar surface area (TPSA) is 155 Å². The zero-order valence-corrected chi connectivity index (χ0v) is 44.2. The zero-order valence-electron chi connectivity index (χ0n) is 42.3. The number of amides is 1. The van der Waals surface area contributed by atoms with E-state index in [-0.39, 0.29) is 35.5 Å². The molecule has 6 aromatic rings. The van der Waals surface area contributed by atoms with Gasteiger partial charge < -0.3 is 33.2 Å². The van der Waals surface area contributed by atoms with Crippen LogP contribution in [0.3, 0.4) is 0 Å². The molecule has 1 aliphatic heterocycles. The van der Waals surface area contributed by atoms with Gasteiger partial charge in [-0.2, -0.15) is 5.26 Å². The lowest BCUT2D eigenvalue weighted by atomic mass is 9.80. The average Bonchev–Trinajstić information content (AvgIpc) is 3.93. The molecule has 5 atom stereocenters. The van der Waals surface area contributed by atoms with Crippen LogP contribution in [0.1, 0.15) is 94.6 Å². The number of unbranched alkanes of at least 4 members (excludes halogenated alkanes) is 1. The summed E-state index contributed by atoms with van der Waals surface area (Å²) in [5.41, 5.74) is 2.81. The molecule has 4 aromatic carbocycles. The molecule has 7 rings (SSSR count). The quantitative estimate of drug-likeness (QED) is 0.0316. The molecule has 0 aliphatic carbocycles. The fourth-order valence-corrected chi connectivity index (χ4v) is 12.5. The van der Waals surface area contributed by atoms with Gasteiger partial charge in [-0.1, -0.05) is 93.6 Å². The monoisotopic (exact) mass is 985 g/mol. The van der Waals surface area contributed by atoms with Gasteiger partial charge in [0, 0.05) is 30.2 Å². The Kier molecular flexibility index (Phi) is 16.9. The molecule has 0 radical (unpaired) electrons. The Labute approximate surface area is 415 Å². The van der Waals surface area contributed by atoms with E-state index in [1.54, 1.807) is 32.7 Å². The molecule has 370 valence electrons. The van der Waals surface area contributed by atoms with Crippen molar-refractivity contribution < 1.29 is 32.7 Å². The highest BCUT2D eigenvalue weighted by atomic mass is 31.2. The summed E-state index contributed by atoms with van der Waals surface area (Å²) in [4.78, 5) is 27.5. The maximum absolute atomic E-state index is 13.5. The molecule has 0 bridgehead atoms. The lowest BCUT2D eigenvalue weighted by Gasteiger charge is -2.43. The first-order valence-corrected chi connectivity index (χ1v) is 28.3. The summed E-state index contributed by atoms with van der Waals surface area (Å²) in [7, 11) is -0.633. The Hall–Kier alpha value is -5.56. The third-order valence-electron chi connectivity index (χ3n) is 13.3. The maximum atomic E-state index is 13.5. The molecule has 0 saturated carbocycles. The summed E-state index contributed by atoms with van der Waals surface area (Å²) < 4.78 is 45.8. The van der Waals surface area contributed by atoms with Crippen molar-refractivity contribution in [3.8, 4) is 17.6 Å². The zero-order chi connectivity index (χ0) is 50.2. The van der Waals surface area contributed by atoms with Crippen molar-refractivity contribution in [2.75, 3.05) is 32.3 Å². The van der Waals surface area contributed by atoms with Crippen LogP contribution in [0.4, 0.5) is 5.82 Å². The SMILES string of the molecule is COc1ccc(C(OC[C@H]2O[C@@H](n3cnc4c(NC(=O)c5ccccc5)ncnc43)C(O[Si](C)(C)C(C)(C)C)C2OP(CCCC#N)N(C(C)C)C(C)C)(c2ccccc2)c2ccc(OC)cc2)cc1. The van der Waals surface area contributed by atoms with E-state index in [1.165, 1.54) is 6.33 Å². The molecule has 3 unspecified atom stereocenters. The summed E-state index contributed by atoms with van der Waals surface area (Å²) in [5.74, 6) is 1.37. The number of methoxy groups -OCH3 is 2. The molecule has 1 N–H and O–H groups in total. The van der Waals surface area contributed by atoms with Crippen molar-refractivity contribution in [2.24, 2.45) is 0 Å². The number of carbonyl (C=O) groups excluding carboxylic acids is 1. The van der Waals surface area contributed by atoms with Gasteiger partial charge in [-0.05, 0) is 105 Å². The Morgan fingerprint density at radius 3 is 1.94 bits per heavy atom. The van der Waals surface area contributed by atoms with Gasteiger partial charge in [0.25, 0.3) is 5.91 Å². The van der Waals surface area contributed by atoms with E-state index < -0.39 is 46.8 Å². The van der Waals surface area contributed by atoms with Crippen LogP contribution in [-0.4, -0.2) is 95.8 Å². The minimum absolute atomic E-state index is 0.0518. The number of nitriles is 1. The summed E-state index contributed by atoms with van der Waals surface area (Å²) in [6, 6.07) is 37.7.